The Bertz CT molecular complexity index is 958. The van der Waals surface area contributed by atoms with Crippen molar-refractivity contribution in [1.29, 1.82) is 0 Å². The Morgan fingerprint density at radius 1 is 1.16 bits per heavy atom. The molecule has 6 nitrogen and oxygen atoms in total. The molecule has 0 aliphatic carbocycles. The Hall–Kier alpha value is -3.28. The van der Waals surface area contributed by atoms with E-state index < -0.39 is 0 Å². The average molecular weight is 423 g/mol. The molecule has 0 saturated heterocycles. The first-order valence-corrected chi connectivity index (χ1v) is 10.5. The van der Waals surface area contributed by atoms with Gasteiger partial charge in [0.1, 0.15) is 18.9 Å². The summed E-state index contributed by atoms with van der Waals surface area (Å²) in [4.78, 5) is 26.1. The molecule has 0 spiro atoms. The predicted octanol–water partition coefficient (Wildman–Crippen LogP) is 4.40. The highest BCUT2D eigenvalue weighted by Gasteiger charge is 2.21. The first kappa shape index (κ1) is 22.4. The largest absolute Gasteiger partial charge is 0.489 e. The van der Waals surface area contributed by atoms with Crippen LogP contribution in [0, 0.1) is 0 Å². The Labute approximate surface area is 183 Å². The summed E-state index contributed by atoms with van der Waals surface area (Å²) in [5.74, 6) is 0.141. The van der Waals surface area contributed by atoms with Crippen molar-refractivity contribution in [1.82, 2.24) is 0 Å². The number of nitrogens with zero attached hydrogens (tertiary/aromatic N) is 1. The smallest absolute Gasteiger partial charge is 0.325 e. The molecule has 0 saturated carbocycles. The van der Waals surface area contributed by atoms with Crippen molar-refractivity contribution in [3.05, 3.63) is 59.7 Å². The summed E-state index contributed by atoms with van der Waals surface area (Å²) in [7, 11) is 0. The third-order valence-corrected chi connectivity index (χ3v) is 5.02. The molecule has 1 aliphatic rings. The molecule has 0 bridgehead atoms. The highest BCUT2D eigenvalue weighted by Crippen LogP contribution is 2.34. The maximum absolute atomic E-state index is 12.4. The van der Waals surface area contributed by atoms with Crippen LogP contribution in [0.2, 0.25) is 0 Å². The molecule has 0 atom stereocenters. The van der Waals surface area contributed by atoms with E-state index in [1.807, 2.05) is 23.1 Å². The Morgan fingerprint density at radius 2 is 1.90 bits per heavy atom. The molecule has 0 fully saturated rings. The van der Waals surface area contributed by atoms with Crippen molar-refractivity contribution >= 4 is 29.3 Å². The summed E-state index contributed by atoms with van der Waals surface area (Å²) in [6, 6.07) is 13.6. The van der Waals surface area contributed by atoms with E-state index in [9.17, 15) is 9.59 Å². The number of nitrogens with one attached hydrogen (secondary N) is 1. The van der Waals surface area contributed by atoms with Gasteiger partial charge in [0.25, 0.3) is 0 Å². The third kappa shape index (κ3) is 6.10. The zero-order valence-corrected chi connectivity index (χ0v) is 18.6. The summed E-state index contributed by atoms with van der Waals surface area (Å²) in [5.41, 5.74) is 3.76. The number of ether oxygens (including phenoxy) is 2. The Kier molecular flexibility index (Phi) is 7.00. The van der Waals surface area contributed by atoms with Crippen molar-refractivity contribution in [2.45, 2.75) is 33.1 Å². The van der Waals surface area contributed by atoms with Gasteiger partial charge in [0.05, 0.1) is 18.8 Å². The number of hydrogen-bond acceptors (Lipinski definition) is 5. The van der Waals surface area contributed by atoms with Gasteiger partial charge >= 0.3 is 5.97 Å². The second-order valence-corrected chi connectivity index (χ2v) is 8.45. The topological polar surface area (TPSA) is 67.9 Å². The van der Waals surface area contributed by atoms with E-state index in [0.717, 1.165) is 11.3 Å². The summed E-state index contributed by atoms with van der Waals surface area (Å²) >= 11 is 0. The average Bonchev–Trinajstić information content (AvgIpc) is 2.72. The first-order valence-electron chi connectivity index (χ1n) is 10.5. The maximum atomic E-state index is 12.4. The maximum Gasteiger partial charge on any atom is 0.325 e. The molecule has 2 aromatic carbocycles. The van der Waals surface area contributed by atoms with Crippen molar-refractivity contribution in [3.8, 4) is 5.75 Å². The normalized spacial score (nSPS) is 13.5. The Morgan fingerprint density at radius 3 is 2.58 bits per heavy atom. The van der Waals surface area contributed by atoms with Gasteiger partial charge in [0, 0.05) is 17.8 Å². The van der Waals surface area contributed by atoms with E-state index in [1.165, 1.54) is 11.6 Å². The van der Waals surface area contributed by atoms with Crippen LogP contribution in [0.3, 0.4) is 0 Å². The van der Waals surface area contributed by atoms with E-state index in [4.69, 9.17) is 9.47 Å². The molecule has 6 heteroatoms. The van der Waals surface area contributed by atoms with Gasteiger partial charge in [-0.2, -0.15) is 0 Å². The molecule has 3 rings (SSSR count). The van der Waals surface area contributed by atoms with Crippen LogP contribution in [-0.2, 0) is 19.7 Å². The molecule has 0 aromatic heterocycles. The summed E-state index contributed by atoms with van der Waals surface area (Å²) < 4.78 is 10.8. The Balaban J connectivity index is 1.63. The van der Waals surface area contributed by atoms with E-state index in [-0.39, 0.29) is 23.8 Å². The third-order valence-electron chi connectivity index (χ3n) is 5.02. The van der Waals surface area contributed by atoms with Gasteiger partial charge in [-0.1, -0.05) is 45.0 Å². The monoisotopic (exact) mass is 422 g/mol. The van der Waals surface area contributed by atoms with Gasteiger partial charge in [-0.05, 0) is 41.7 Å². The molecule has 1 amide bonds. The fraction of sp³-hybridized carbons (Fsp3) is 0.360. The lowest BCUT2D eigenvalue weighted by atomic mass is 9.87. The minimum absolute atomic E-state index is 0.0973. The summed E-state index contributed by atoms with van der Waals surface area (Å²) in [6.07, 6.45) is 3.30. The SMILES string of the molecule is CCOC(=O)CN1CCOc2cc(NC(=O)/C=C/c3ccc(C(C)(C)C)cc3)ccc21. The molecule has 1 aliphatic heterocycles. The second-order valence-electron chi connectivity index (χ2n) is 8.45. The van der Waals surface area contributed by atoms with Crippen LogP contribution in [0.1, 0.15) is 38.8 Å². The molecule has 0 unspecified atom stereocenters. The lowest BCUT2D eigenvalue weighted by molar-refractivity contribution is -0.141. The highest BCUT2D eigenvalue weighted by atomic mass is 16.5. The van der Waals surface area contributed by atoms with Crippen molar-refractivity contribution in [2.24, 2.45) is 0 Å². The standard InChI is InChI=1S/C25H30N2O4/c1-5-30-24(29)17-27-14-15-31-22-16-20(11-12-21(22)27)26-23(28)13-8-18-6-9-19(10-7-18)25(2,3)4/h6-13,16H,5,14-15,17H2,1-4H3,(H,26,28)/b13-8+. The number of rotatable bonds is 6. The van der Waals surface area contributed by atoms with Gasteiger partial charge in [-0.25, -0.2) is 0 Å². The molecule has 1 N–H and O–H groups in total. The fourth-order valence-corrected chi connectivity index (χ4v) is 3.33. The molecule has 164 valence electrons. The number of esters is 1. The number of carbonyl (C=O) groups excluding carboxylic acids is 2. The quantitative estimate of drug-likeness (QED) is 0.552. The second kappa shape index (κ2) is 9.69. The zero-order chi connectivity index (χ0) is 22.4. The van der Waals surface area contributed by atoms with Crippen LogP contribution in [0.4, 0.5) is 11.4 Å². The number of hydrogen-bond donors (Lipinski definition) is 1. The first-order chi connectivity index (χ1) is 14.8. The van der Waals surface area contributed by atoms with Crippen LogP contribution in [-0.4, -0.2) is 38.2 Å². The molecular formula is C25H30N2O4. The number of fused-ring (bicyclic) bond motifs is 1. The van der Waals surface area contributed by atoms with Gasteiger partial charge in [0.15, 0.2) is 0 Å². The molecule has 31 heavy (non-hydrogen) atoms. The van der Waals surface area contributed by atoms with Crippen LogP contribution in [0.15, 0.2) is 48.5 Å². The number of carbonyl (C=O) groups is 2. The van der Waals surface area contributed by atoms with Gasteiger partial charge in [0.2, 0.25) is 5.91 Å². The van der Waals surface area contributed by atoms with E-state index in [0.29, 0.717) is 31.2 Å². The van der Waals surface area contributed by atoms with Crippen LogP contribution in [0.25, 0.3) is 6.08 Å². The predicted molar refractivity (Wildman–Crippen MR) is 124 cm³/mol. The van der Waals surface area contributed by atoms with Crippen molar-refractivity contribution in [2.75, 3.05) is 36.5 Å². The fourth-order valence-electron chi connectivity index (χ4n) is 3.33. The van der Waals surface area contributed by atoms with E-state index in [1.54, 1.807) is 25.1 Å². The minimum atomic E-state index is -0.270. The highest BCUT2D eigenvalue weighted by molar-refractivity contribution is 6.02. The van der Waals surface area contributed by atoms with E-state index >= 15 is 0 Å². The molecular weight excluding hydrogens is 392 g/mol. The summed E-state index contributed by atoms with van der Waals surface area (Å²) in [6.45, 7) is 9.90. The number of amides is 1. The van der Waals surface area contributed by atoms with Gasteiger partial charge in [-0.15, -0.1) is 0 Å². The number of anilines is 2. The lowest BCUT2D eigenvalue weighted by Crippen LogP contribution is -2.37. The van der Waals surface area contributed by atoms with Crippen LogP contribution < -0.4 is 15.0 Å². The number of benzene rings is 2. The van der Waals surface area contributed by atoms with Crippen molar-refractivity contribution in [3.63, 3.8) is 0 Å². The van der Waals surface area contributed by atoms with Crippen LogP contribution in [0.5, 0.6) is 5.75 Å². The molecule has 1 heterocycles. The van der Waals surface area contributed by atoms with Crippen LogP contribution >= 0.6 is 0 Å². The van der Waals surface area contributed by atoms with Crippen molar-refractivity contribution < 1.29 is 19.1 Å². The van der Waals surface area contributed by atoms with Gasteiger partial charge in [-0.3, -0.25) is 9.59 Å². The minimum Gasteiger partial charge on any atom is -0.489 e. The lowest BCUT2D eigenvalue weighted by Gasteiger charge is -2.30. The van der Waals surface area contributed by atoms with Gasteiger partial charge < -0.3 is 19.7 Å². The summed E-state index contributed by atoms with van der Waals surface area (Å²) in [5, 5.41) is 2.86. The molecule has 2 aromatic rings. The zero-order valence-electron chi connectivity index (χ0n) is 18.6. The molecule has 0 radical (unpaired) electrons. The van der Waals surface area contributed by atoms with E-state index in [2.05, 4.69) is 38.2 Å².